The molecule has 0 spiro atoms. The average Bonchev–Trinajstić information content (AvgIpc) is 2.45. The lowest BCUT2D eigenvalue weighted by atomic mass is 9.94. The normalized spacial score (nSPS) is 12.4. The Hall–Kier alpha value is -1.26. The zero-order chi connectivity index (χ0) is 15.4. The van der Waals surface area contributed by atoms with Gasteiger partial charge in [-0.2, -0.15) is 0 Å². The fourth-order valence-electron chi connectivity index (χ4n) is 2.38. The fraction of sp³-hybridized carbons (Fsp3) is 0.294. The number of aryl methyl sites for hydroxylation is 1. The molecule has 0 aliphatic rings. The minimum absolute atomic E-state index is 0.171. The highest BCUT2D eigenvalue weighted by Crippen LogP contribution is 2.32. The van der Waals surface area contributed by atoms with Gasteiger partial charge >= 0.3 is 0 Å². The van der Waals surface area contributed by atoms with Crippen LogP contribution in [0.3, 0.4) is 0 Å². The fourth-order valence-corrected chi connectivity index (χ4v) is 2.88. The molecule has 0 saturated carbocycles. The molecule has 1 N–H and O–H groups in total. The number of hydrogen-bond acceptors (Lipinski definition) is 1. The average molecular weight is 354 g/mol. The molecule has 4 heteroatoms. The first-order valence-electron chi connectivity index (χ1n) is 6.98. The first-order valence-corrected chi connectivity index (χ1v) is 7.77. The van der Waals surface area contributed by atoms with E-state index in [0.29, 0.717) is 4.47 Å². The molecule has 0 aliphatic carbocycles. The van der Waals surface area contributed by atoms with Gasteiger partial charge in [-0.15, -0.1) is 0 Å². The molecule has 0 amide bonds. The van der Waals surface area contributed by atoms with Crippen LogP contribution in [0.5, 0.6) is 0 Å². The molecule has 0 aliphatic heterocycles. The maximum absolute atomic E-state index is 13.8. The Balaban J connectivity index is 2.49. The van der Waals surface area contributed by atoms with Crippen LogP contribution >= 0.6 is 15.9 Å². The van der Waals surface area contributed by atoms with Crippen LogP contribution in [-0.4, -0.2) is 6.54 Å². The van der Waals surface area contributed by atoms with Crippen molar-refractivity contribution in [3.05, 3.63) is 69.2 Å². The summed E-state index contributed by atoms with van der Waals surface area (Å²) in [5.74, 6) is -0.556. The summed E-state index contributed by atoms with van der Waals surface area (Å²) in [5.41, 5.74) is 2.62. The van der Waals surface area contributed by atoms with E-state index >= 15 is 0 Å². The molecule has 1 atom stereocenters. The summed E-state index contributed by atoms with van der Waals surface area (Å²) in [7, 11) is 0. The maximum Gasteiger partial charge on any atom is 0.137 e. The molecule has 0 heterocycles. The van der Waals surface area contributed by atoms with E-state index in [1.165, 1.54) is 18.2 Å². The molecule has 1 nitrogen and oxygen atoms in total. The summed E-state index contributed by atoms with van der Waals surface area (Å²) in [6.07, 6.45) is 0.962. The van der Waals surface area contributed by atoms with Crippen molar-refractivity contribution in [3.63, 3.8) is 0 Å². The molecular formula is C17H18BrF2N. The zero-order valence-corrected chi connectivity index (χ0v) is 13.7. The van der Waals surface area contributed by atoms with Gasteiger partial charge < -0.3 is 5.32 Å². The Morgan fingerprint density at radius 1 is 1.14 bits per heavy atom. The molecule has 0 saturated heterocycles. The van der Waals surface area contributed by atoms with Gasteiger partial charge in [0.15, 0.2) is 0 Å². The van der Waals surface area contributed by atoms with Gasteiger partial charge in [0.25, 0.3) is 0 Å². The van der Waals surface area contributed by atoms with Gasteiger partial charge in [0.05, 0.1) is 10.5 Å². The molecule has 1 unspecified atom stereocenters. The van der Waals surface area contributed by atoms with Crippen LogP contribution in [0, 0.1) is 18.6 Å². The highest BCUT2D eigenvalue weighted by molar-refractivity contribution is 9.10. The molecule has 0 radical (unpaired) electrons. The molecular weight excluding hydrogens is 336 g/mol. The third kappa shape index (κ3) is 3.69. The van der Waals surface area contributed by atoms with E-state index < -0.39 is 0 Å². The van der Waals surface area contributed by atoms with Crippen molar-refractivity contribution in [1.29, 1.82) is 0 Å². The number of benzene rings is 2. The highest BCUT2D eigenvalue weighted by Gasteiger charge is 2.19. The third-order valence-corrected chi connectivity index (χ3v) is 4.27. The lowest BCUT2D eigenvalue weighted by Gasteiger charge is -2.23. The minimum atomic E-state index is -0.296. The Labute approximate surface area is 132 Å². The van der Waals surface area contributed by atoms with Gasteiger partial charge in [-0.05, 0) is 70.7 Å². The van der Waals surface area contributed by atoms with E-state index in [9.17, 15) is 8.78 Å². The molecule has 2 aromatic rings. The number of rotatable bonds is 5. The molecule has 21 heavy (non-hydrogen) atoms. The van der Waals surface area contributed by atoms with Crippen molar-refractivity contribution in [2.75, 3.05) is 6.54 Å². The first kappa shape index (κ1) is 16.1. The molecule has 2 rings (SSSR count). The van der Waals surface area contributed by atoms with Crippen LogP contribution in [0.15, 0.2) is 40.9 Å². The third-order valence-electron chi connectivity index (χ3n) is 3.43. The van der Waals surface area contributed by atoms with E-state index in [-0.39, 0.29) is 17.7 Å². The minimum Gasteiger partial charge on any atom is -0.306 e. The standard InChI is InChI=1S/C17H18BrF2N/c1-3-9-21-17(13-8-7-12(19)10-11(13)2)14-5-4-6-15(20)16(14)18/h4-8,10,17,21H,3,9H2,1-2H3. The Kier molecular flexibility index (Phi) is 5.48. The van der Waals surface area contributed by atoms with Crippen LogP contribution in [0.4, 0.5) is 8.78 Å². The summed E-state index contributed by atoms with van der Waals surface area (Å²) in [4.78, 5) is 0. The second-order valence-corrected chi connectivity index (χ2v) is 5.82. The summed E-state index contributed by atoms with van der Waals surface area (Å²) < 4.78 is 27.6. The summed E-state index contributed by atoms with van der Waals surface area (Å²) in [5, 5.41) is 3.41. The monoisotopic (exact) mass is 353 g/mol. The number of halogens is 3. The Morgan fingerprint density at radius 3 is 2.57 bits per heavy atom. The lowest BCUT2D eigenvalue weighted by Crippen LogP contribution is -2.24. The molecule has 0 aromatic heterocycles. The van der Waals surface area contributed by atoms with Gasteiger partial charge in [0.2, 0.25) is 0 Å². The van der Waals surface area contributed by atoms with Gasteiger partial charge in [0, 0.05) is 0 Å². The summed E-state index contributed by atoms with van der Waals surface area (Å²) in [6, 6.07) is 9.52. The van der Waals surface area contributed by atoms with Crippen molar-refractivity contribution in [2.45, 2.75) is 26.3 Å². The SMILES string of the molecule is CCCNC(c1ccc(F)cc1C)c1cccc(F)c1Br. The van der Waals surface area contributed by atoms with Crippen molar-refractivity contribution in [2.24, 2.45) is 0 Å². The lowest BCUT2D eigenvalue weighted by molar-refractivity contribution is 0.575. The van der Waals surface area contributed by atoms with E-state index in [2.05, 4.69) is 28.2 Å². The number of nitrogens with one attached hydrogen (secondary N) is 1. The van der Waals surface area contributed by atoms with Crippen molar-refractivity contribution < 1.29 is 8.78 Å². The molecule has 0 fully saturated rings. The van der Waals surface area contributed by atoms with Gasteiger partial charge in [-0.3, -0.25) is 0 Å². The van der Waals surface area contributed by atoms with Crippen molar-refractivity contribution >= 4 is 15.9 Å². The predicted octanol–water partition coefficient (Wildman–Crippen LogP) is 5.12. The highest BCUT2D eigenvalue weighted by atomic mass is 79.9. The second kappa shape index (κ2) is 7.14. The maximum atomic E-state index is 13.8. The molecule has 0 bridgehead atoms. The quantitative estimate of drug-likeness (QED) is 0.785. The predicted molar refractivity (Wildman–Crippen MR) is 85.4 cm³/mol. The molecule has 2 aromatic carbocycles. The van der Waals surface area contributed by atoms with Crippen molar-refractivity contribution in [3.8, 4) is 0 Å². The Morgan fingerprint density at radius 2 is 1.90 bits per heavy atom. The van der Waals surface area contributed by atoms with Gasteiger partial charge in [-0.1, -0.05) is 25.1 Å². The topological polar surface area (TPSA) is 12.0 Å². The van der Waals surface area contributed by atoms with E-state index in [1.54, 1.807) is 12.1 Å². The van der Waals surface area contributed by atoms with Crippen LogP contribution in [-0.2, 0) is 0 Å². The van der Waals surface area contributed by atoms with Gasteiger partial charge in [-0.25, -0.2) is 8.78 Å². The van der Waals surface area contributed by atoms with Crippen LogP contribution in [0.1, 0.15) is 36.1 Å². The Bertz CT molecular complexity index is 628. The van der Waals surface area contributed by atoms with E-state index in [0.717, 1.165) is 29.7 Å². The first-order chi connectivity index (χ1) is 10.0. The smallest absolute Gasteiger partial charge is 0.137 e. The molecule has 112 valence electrons. The van der Waals surface area contributed by atoms with Gasteiger partial charge in [0.1, 0.15) is 11.6 Å². The van der Waals surface area contributed by atoms with E-state index in [4.69, 9.17) is 0 Å². The van der Waals surface area contributed by atoms with Crippen LogP contribution < -0.4 is 5.32 Å². The van der Waals surface area contributed by atoms with E-state index in [1.807, 2.05) is 13.0 Å². The second-order valence-electron chi connectivity index (χ2n) is 5.03. The summed E-state index contributed by atoms with van der Waals surface area (Å²) in [6.45, 7) is 4.73. The zero-order valence-electron chi connectivity index (χ0n) is 12.1. The van der Waals surface area contributed by atoms with Crippen LogP contribution in [0.25, 0.3) is 0 Å². The largest absolute Gasteiger partial charge is 0.306 e. The number of hydrogen-bond donors (Lipinski definition) is 1. The van der Waals surface area contributed by atoms with Crippen molar-refractivity contribution in [1.82, 2.24) is 5.32 Å². The van der Waals surface area contributed by atoms with Crippen LogP contribution in [0.2, 0.25) is 0 Å². The summed E-state index contributed by atoms with van der Waals surface area (Å²) >= 11 is 3.32.